The van der Waals surface area contributed by atoms with Gasteiger partial charge in [0.1, 0.15) is 0 Å². The molecular formula is C128H158N4. The van der Waals surface area contributed by atoms with Gasteiger partial charge in [-0.05, 0) is 207 Å². The molecule has 4 nitrogen and oxygen atoms in total. The number of nitrogens with zero attached hydrogens (tertiary/aromatic N) is 4. The number of hydrogen-bond donors (Lipinski definition) is 0. The molecule has 132 heavy (non-hydrogen) atoms. The minimum atomic E-state index is 0.900. The Morgan fingerprint density at radius 2 is 0.280 bits per heavy atom. The predicted molar refractivity (Wildman–Crippen MR) is 576 cm³/mol. The maximum atomic E-state index is 6.01. The fourth-order valence-corrected chi connectivity index (χ4v) is 20.5. The van der Waals surface area contributed by atoms with E-state index in [0.29, 0.717) is 0 Å². The first-order valence-corrected chi connectivity index (χ1v) is 53.6. The van der Waals surface area contributed by atoms with Gasteiger partial charge >= 0.3 is 0 Å². The van der Waals surface area contributed by atoms with Crippen LogP contribution in [0.1, 0.15) is 432 Å². The van der Waals surface area contributed by atoms with Gasteiger partial charge in [-0.15, -0.1) is 12.8 Å². The molecule has 0 bridgehead atoms. The lowest BCUT2D eigenvalue weighted by atomic mass is 10.0. The van der Waals surface area contributed by atoms with E-state index in [1.165, 1.54) is 421 Å². The predicted octanol–water partition coefficient (Wildman–Crippen LogP) is 36.2. The zero-order valence-electron chi connectivity index (χ0n) is 82.2. The zero-order chi connectivity index (χ0) is 91.5. The molecule has 0 saturated carbocycles. The van der Waals surface area contributed by atoms with Gasteiger partial charge in [-0.2, -0.15) is 0 Å². The van der Waals surface area contributed by atoms with Gasteiger partial charge in [-0.1, -0.05) is 409 Å². The molecule has 0 aliphatic carbocycles. The summed E-state index contributed by atoms with van der Waals surface area (Å²) in [6.45, 7) is 13.1. The van der Waals surface area contributed by atoms with Crippen molar-refractivity contribution in [3.05, 3.63) is 190 Å². The first-order valence-electron chi connectivity index (χ1n) is 53.6. The SMILES string of the molecule is C#Cc1ccc2c(c1)c1cc(C#CC#Cc3ccc4c(c3)c3cc(C#CC#Cc5ccc6c(c5)c5cc(C#CC#Cc7ccc8c(c7)c7cc(C#C)ccc7n8CCCCCCCCCCCCCCCC)ccc5n6CCCCCCCCCCCCCCCC)ccc3n4CCCCCCCCCCCCCCCC)ccc1n2CCCCCCCCCCCCCCCC. The van der Waals surface area contributed by atoms with Gasteiger partial charge in [0.15, 0.2) is 0 Å². The quantitative estimate of drug-likeness (QED) is 0.0267. The van der Waals surface area contributed by atoms with Crippen molar-refractivity contribution in [1.29, 1.82) is 0 Å². The van der Waals surface area contributed by atoms with E-state index in [9.17, 15) is 0 Å². The Morgan fingerprint density at radius 3 is 0.417 bits per heavy atom. The Kier molecular flexibility index (Phi) is 44.5. The number of benzene rings is 8. The second-order valence-electron chi connectivity index (χ2n) is 38.6. The molecule has 0 amide bonds. The molecule has 0 fully saturated rings. The average molecular weight is 1750 g/mol. The van der Waals surface area contributed by atoms with Crippen LogP contribution in [0.4, 0.5) is 0 Å². The van der Waals surface area contributed by atoms with Crippen LogP contribution in [0, 0.1) is 95.7 Å². The number of fused-ring (bicyclic) bond motifs is 12. The van der Waals surface area contributed by atoms with Crippen LogP contribution in [0.5, 0.6) is 0 Å². The highest BCUT2D eigenvalue weighted by molar-refractivity contribution is 6.12. The molecule has 0 aliphatic heterocycles. The lowest BCUT2D eigenvalue weighted by molar-refractivity contribution is 0.528. The van der Waals surface area contributed by atoms with E-state index in [2.05, 4.69) is 274 Å². The number of rotatable bonds is 60. The molecule has 0 radical (unpaired) electrons. The van der Waals surface area contributed by atoms with Crippen molar-refractivity contribution in [2.24, 2.45) is 0 Å². The Balaban J connectivity index is 0.743. The van der Waals surface area contributed by atoms with Gasteiger partial charge in [0.25, 0.3) is 0 Å². The van der Waals surface area contributed by atoms with Gasteiger partial charge in [-0.25, -0.2) is 0 Å². The van der Waals surface area contributed by atoms with Crippen molar-refractivity contribution in [2.45, 2.75) is 413 Å². The maximum Gasteiger partial charge on any atom is 0.0492 e. The van der Waals surface area contributed by atoms with Crippen molar-refractivity contribution >= 4 is 87.2 Å². The summed E-state index contributed by atoms with van der Waals surface area (Å²) in [6.07, 6.45) is 87.6. The Hall–Kier alpha value is -10.6. The highest BCUT2D eigenvalue weighted by atomic mass is 15.0. The Morgan fingerprint density at radius 1 is 0.159 bits per heavy atom. The van der Waals surface area contributed by atoms with Crippen LogP contribution >= 0.6 is 0 Å². The highest BCUT2D eigenvalue weighted by Gasteiger charge is 2.18. The third kappa shape index (κ3) is 31.6. The maximum absolute atomic E-state index is 6.01. The molecule has 8 aromatic carbocycles. The Bertz CT molecular complexity index is 5720. The van der Waals surface area contributed by atoms with Crippen LogP contribution in [0.3, 0.4) is 0 Å². The molecular weight excluding hydrogens is 1590 g/mol. The van der Waals surface area contributed by atoms with Crippen molar-refractivity contribution < 1.29 is 0 Å². The third-order valence-electron chi connectivity index (χ3n) is 28.2. The van der Waals surface area contributed by atoms with Gasteiger partial charge in [0, 0.05) is 158 Å². The molecule has 12 rings (SSSR count). The molecule has 0 unspecified atom stereocenters. The van der Waals surface area contributed by atoms with E-state index in [1.807, 2.05) is 0 Å². The lowest BCUT2D eigenvalue weighted by Gasteiger charge is -2.08. The molecule has 690 valence electrons. The molecule has 0 N–H and O–H groups in total. The lowest BCUT2D eigenvalue weighted by Crippen LogP contribution is -1.98. The first kappa shape index (κ1) is 100. The molecule has 4 heterocycles. The summed E-state index contributed by atoms with van der Waals surface area (Å²) < 4.78 is 10.1. The van der Waals surface area contributed by atoms with E-state index < -0.39 is 0 Å². The summed E-state index contributed by atoms with van der Waals surface area (Å²) in [5.41, 5.74) is 17.3. The molecule has 0 aliphatic rings. The van der Waals surface area contributed by atoms with Gasteiger partial charge in [-0.3, -0.25) is 0 Å². The monoisotopic (exact) mass is 1750 g/mol. The van der Waals surface area contributed by atoms with E-state index in [-0.39, 0.29) is 0 Å². The molecule has 0 atom stereocenters. The van der Waals surface area contributed by atoms with Crippen LogP contribution in [-0.2, 0) is 26.2 Å². The summed E-state index contributed by atoms with van der Waals surface area (Å²) in [6, 6.07) is 53.2. The minimum Gasteiger partial charge on any atom is -0.340 e. The standard InChI is InChI=1S/C128H158N4/c1-7-13-17-21-25-29-33-37-41-45-49-53-57-67-93-129-121-85-77-105(11-5)97-113(121)115-99-107(79-87-123(115)129)71-61-63-73-109-81-89-125-117(101-109)119-103-111(83-91-127(119)131(125)95-69-59-55-51-47-43-39-35-31-27-23-19-15-9-3)75-65-66-76-112-84-92-128-120(104-112)118-102-110(82-90-126(118)132(128)96-70-60-56-52-48-44-40-36-32-28-24-20-16-10-4)74-64-62-72-108-80-88-124-116(100-108)114-98-106(12-6)78-86-122(114)130(124)94-68-58-54-50-46-42-38-34-30-26-22-18-14-8-2/h5-6,77-92,97-104H,7-10,13-60,67-70,93-96H2,1-4H3. The van der Waals surface area contributed by atoms with E-state index in [4.69, 9.17) is 12.8 Å². The van der Waals surface area contributed by atoms with Crippen LogP contribution < -0.4 is 0 Å². The minimum absolute atomic E-state index is 0.900. The fraction of sp³-hybridized carbons (Fsp3) is 0.500. The number of aromatic nitrogens is 4. The summed E-state index contributed by atoms with van der Waals surface area (Å²) in [5.74, 6) is 46.3. The number of terminal acetylenes is 2. The molecule has 4 aromatic heterocycles. The number of hydrogen-bond acceptors (Lipinski definition) is 0. The van der Waals surface area contributed by atoms with Gasteiger partial charge in [0.2, 0.25) is 0 Å². The second-order valence-corrected chi connectivity index (χ2v) is 38.6. The molecule has 0 spiro atoms. The average Bonchev–Trinajstić information content (AvgIpc) is 1.63. The second kappa shape index (κ2) is 58.5. The topological polar surface area (TPSA) is 19.7 Å². The number of aryl methyl sites for hydroxylation is 4. The van der Waals surface area contributed by atoms with Crippen molar-refractivity contribution in [2.75, 3.05) is 0 Å². The largest absolute Gasteiger partial charge is 0.340 e. The van der Waals surface area contributed by atoms with Crippen LogP contribution in [0.2, 0.25) is 0 Å². The highest BCUT2D eigenvalue weighted by Crippen LogP contribution is 2.37. The van der Waals surface area contributed by atoms with E-state index >= 15 is 0 Å². The summed E-state index contributed by atoms with van der Waals surface area (Å²) in [7, 11) is 0. The van der Waals surface area contributed by atoms with Gasteiger partial charge < -0.3 is 18.3 Å². The summed E-state index contributed by atoms with van der Waals surface area (Å²) in [4.78, 5) is 0. The third-order valence-corrected chi connectivity index (χ3v) is 28.2. The van der Waals surface area contributed by atoms with Crippen LogP contribution in [0.25, 0.3) is 87.2 Å². The molecule has 4 heteroatoms. The summed E-state index contributed by atoms with van der Waals surface area (Å²) in [5, 5.41) is 9.50. The fourth-order valence-electron chi connectivity index (χ4n) is 20.5. The number of unbranched alkanes of at least 4 members (excludes halogenated alkanes) is 52. The molecule has 0 saturated heterocycles. The summed E-state index contributed by atoms with van der Waals surface area (Å²) >= 11 is 0. The van der Waals surface area contributed by atoms with Gasteiger partial charge in [0.05, 0.1) is 0 Å². The normalized spacial score (nSPS) is 11.3. The van der Waals surface area contributed by atoms with Crippen LogP contribution in [0.15, 0.2) is 146 Å². The smallest absolute Gasteiger partial charge is 0.0492 e. The zero-order valence-corrected chi connectivity index (χ0v) is 82.2. The van der Waals surface area contributed by atoms with Crippen molar-refractivity contribution in [3.63, 3.8) is 0 Å². The van der Waals surface area contributed by atoms with E-state index in [1.54, 1.807) is 0 Å². The van der Waals surface area contributed by atoms with Crippen molar-refractivity contribution in [3.8, 4) is 95.7 Å². The first-order chi connectivity index (χ1) is 65.4. The molecule has 12 aromatic rings. The Labute approximate surface area is 799 Å². The van der Waals surface area contributed by atoms with E-state index in [0.717, 1.165) is 96.4 Å². The van der Waals surface area contributed by atoms with Crippen molar-refractivity contribution in [1.82, 2.24) is 18.3 Å². The van der Waals surface area contributed by atoms with Crippen LogP contribution in [-0.4, -0.2) is 18.3 Å².